The number of rotatable bonds is 5. The lowest BCUT2D eigenvalue weighted by Gasteiger charge is -2.29. The van der Waals surface area contributed by atoms with E-state index in [0.29, 0.717) is 12.3 Å². The largest absolute Gasteiger partial charge is 0.451 e. The van der Waals surface area contributed by atoms with E-state index in [9.17, 15) is 9.90 Å². The molecule has 3 rings (SSSR count). The molecule has 1 aromatic carbocycles. The van der Waals surface area contributed by atoms with E-state index >= 15 is 0 Å². The number of aliphatic hydroxyl groups excluding tert-OH is 1. The van der Waals surface area contributed by atoms with Gasteiger partial charge < -0.3 is 19.7 Å². The van der Waals surface area contributed by atoms with Crippen LogP contribution in [-0.4, -0.2) is 48.2 Å². The van der Waals surface area contributed by atoms with Gasteiger partial charge in [0.25, 0.3) is 5.91 Å². The van der Waals surface area contributed by atoms with Crippen molar-refractivity contribution in [3.8, 4) is 0 Å². The maximum atomic E-state index is 12.3. The molecule has 1 saturated heterocycles. The van der Waals surface area contributed by atoms with Crippen LogP contribution in [0, 0.1) is 6.92 Å². The van der Waals surface area contributed by atoms with Gasteiger partial charge in [0.05, 0.1) is 6.10 Å². The molecule has 0 atom stereocenters. The van der Waals surface area contributed by atoms with Crippen LogP contribution in [0.15, 0.2) is 28.7 Å². The van der Waals surface area contributed by atoms with Gasteiger partial charge in [-0.15, -0.1) is 0 Å². The highest BCUT2D eigenvalue weighted by molar-refractivity contribution is 5.98. The Bertz CT molecular complexity index is 672. The zero-order chi connectivity index (χ0) is 16.2. The van der Waals surface area contributed by atoms with Crippen LogP contribution < -0.4 is 5.32 Å². The number of carbonyl (C=O) groups excluding carboxylic acids is 1. The zero-order valence-electron chi connectivity index (χ0n) is 13.5. The van der Waals surface area contributed by atoms with E-state index in [1.165, 1.54) is 0 Å². The Hall–Kier alpha value is -1.85. The van der Waals surface area contributed by atoms with E-state index < -0.39 is 0 Å². The van der Waals surface area contributed by atoms with Crippen molar-refractivity contribution in [2.24, 2.45) is 0 Å². The van der Waals surface area contributed by atoms with Crippen molar-refractivity contribution in [3.05, 3.63) is 35.6 Å². The maximum Gasteiger partial charge on any atom is 0.287 e. The van der Waals surface area contributed by atoms with Gasteiger partial charge in [0.15, 0.2) is 5.76 Å². The molecular weight excluding hydrogens is 292 g/mol. The Morgan fingerprint density at radius 2 is 2.09 bits per heavy atom. The van der Waals surface area contributed by atoms with Gasteiger partial charge >= 0.3 is 0 Å². The second-order valence-electron chi connectivity index (χ2n) is 6.23. The van der Waals surface area contributed by atoms with E-state index in [1.807, 2.05) is 31.2 Å². The molecule has 0 radical (unpaired) electrons. The number of benzene rings is 1. The van der Waals surface area contributed by atoms with Gasteiger partial charge in [0, 0.05) is 30.6 Å². The molecule has 1 aromatic heterocycles. The van der Waals surface area contributed by atoms with Crippen molar-refractivity contribution in [2.75, 3.05) is 26.2 Å². The maximum absolute atomic E-state index is 12.3. The molecule has 124 valence electrons. The molecule has 0 bridgehead atoms. The van der Waals surface area contributed by atoms with E-state index in [4.69, 9.17) is 4.42 Å². The lowest BCUT2D eigenvalue weighted by Crippen LogP contribution is -2.37. The summed E-state index contributed by atoms with van der Waals surface area (Å²) >= 11 is 0. The van der Waals surface area contributed by atoms with Gasteiger partial charge in [-0.05, 0) is 38.8 Å². The summed E-state index contributed by atoms with van der Waals surface area (Å²) in [6.45, 7) is 5.38. The normalized spacial score (nSPS) is 16.8. The highest BCUT2D eigenvalue weighted by Crippen LogP contribution is 2.24. The van der Waals surface area contributed by atoms with Crippen LogP contribution >= 0.6 is 0 Å². The number of aryl methyl sites for hydroxylation is 1. The van der Waals surface area contributed by atoms with Crippen LogP contribution in [-0.2, 0) is 0 Å². The molecule has 1 aliphatic heterocycles. The fourth-order valence-corrected chi connectivity index (χ4v) is 3.12. The van der Waals surface area contributed by atoms with Crippen LogP contribution in [0.4, 0.5) is 0 Å². The molecule has 1 aliphatic rings. The summed E-state index contributed by atoms with van der Waals surface area (Å²) < 4.78 is 5.67. The van der Waals surface area contributed by atoms with Crippen molar-refractivity contribution in [3.63, 3.8) is 0 Å². The Balaban J connectivity index is 1.48. The smallest absolute Gasteiger partial charge is 0.287 e. The fraction of sp³-hybridized carbons (Fsp3) is 0.500. The standard InChI is InChI=1S/C18H24N2O3/c1-13-15-5-2-3-6-16(15)23-17(13)18(22)19-9-4-10-20-11-7-14(21)8-12-20/h2-3,5-6,14,21H,4,7-12H2,1H3,(H,19,22). The molecule has 0 aliphatic carbocycles. The molecule has 2 heterocycles. The van der Waals surface area contributed by atoms with Crippen LogP contribution in [0.5, 0.6) is 0 Å². The van der Waals surface area contributed by atoms with Crippen LogP contribution in [0.2, 0.25) is 0 Å². The zero-order valence-corrected chi connectivity index (χ0v) is 13.5. The van der Waals surface area contributed by atoms with Crippen molar-refractivity contribution in [2.45, 2.75) is 32.3 Å². The van der Waals surface area contributed by atoms with Crippen molar-refractivity contribution < 1.29 is 14.3 Å². The van der Waals surface area contributed by atoms with Crippen LogP contribution in [0.3, 0.4) is 0 Å². The third kappa shape index (κ3) is 3.74. The number of carbonyl (C=O) groups is 1. The molecule has 0 spiro atoms. The minimum atomic E-state index is -0.146. The summed E-state index contributed by atoms with van der Waals surface area (Å²) in [5.74, 6) is 0.264. The first-order chi connectivity index (χ1) is 11.1. The van der Waals surface area contributed by atoms with E-state index in [0.717, 1.165) is 55.4 Å². The molecule has 5 nitrogen and oxygen atoms in total. The summed E-state index contributed by atoms with van der Waals surface area (Å²) in [4.78, 5) is 14.6. The van der Waals surface area contributed by atoms with Gasteiger partial charge in [-0.2, -0.15) is 0 Å². The minimum Gasteiger partial charge on any atom is -0.451 e. The molecule has 1 amide bonds. The average molecular weight is 316 g/mol. The number of piperidine rings is 1. The first kappa shape index (κ1) is 16.0. The lowest BCUT2D eigenvalue weighted by atomic mass is 10.1. The first-order valence-corrected chi connectivity index (χ1v) is 8.32. The number of nitrogens with one attached hydrogen (secondary N) is 1. The topological polar surface area (TPSA) is 65.7 Å². The number of fused-ring (bicyclic) bond motifs is 1. The van der Waals surface area contributed by atoms with Gasteiger partial charge in [0.1, 0.15) is 5.58 Å². The molecule has 1 fully saturated rings. The molecule has 0 saturated carbocycles. The number of para-hydroxylation sites is 1. The molecular formula is C18H24N2O3. The van der Waals surface area contributed by atoms with Gasteiger partial charge in [-0.3, -0.25) is 4.79 Å². The summed E-state index contributed by atoms with van der Waals surface area (Å²) in [5.41, 5.74) is 1.64. The predicted octanol–water partition coefficient (Wildman–Crippen LogP) is 2.32. The molecule has 5 heteroatoms. The molecule has 2 aromatic rings. The number of hydrogen-bond donors (Lipinski definition) is 2. The van der Waals surface area contributed by atoms with Crippen LogP contribution in [0.25, 0.3) is 11.0 Å². The van der Waals surface area contributed by atoms with Crippen molar-refractivity contribution >= 4 is 16.9 Å². The molecule has 23 heavy (non-hydrogen) atoms. The Morgan fingerprint density at radius 3 is 2.83 bits per heavy atom. The number of aliphatic hydroxyl groups is 1. The number of furan rings is 1. The number of likely N-dealkylation sites (tertiary alicyclic amines) is 1. The van der Waals surface area contributed by atoms with Crippen molar-refractivity contribution in [1.82, 2.24) is 10.2 Å². The number of amides is 1. The van der Waals surface area contributed by atoms with Gasteiger partial charge in [0.2, 0.25) is 0 Å². The predicted molar refractivity (Wildman–Crippen MR) is 89.6 cm³/mol. The fourth-order valence-electron chi connectivity index (χ4n) is 3.12. The third-order valence-corrected chi connectivity index (χ3v) is 4.54. The van der Waals surface area contributed by atoms with Gasteiger partial charge in [-0.25, -0.2) is 0 Å². The van der Waals surface area contributed by atoms with E-state index in [2.05, 4.69) is 10.2 Å². The first-order valence-electron chi connectivity index (χ1n) is 8.32. The second-order valence-corrected chi connectivity index (χ2v) is 6.23. The Morgan fingerprint density at radius 1 is 1.35 bits per heavy atom. The van der Waals surface area contributed by atoms with E-state index in [1.54, 1.807) is 0 Å². The third-order valence-electron chi connectivity index (χ3n) is 4.54. The summed E-state index contributed by atoms with van der Waals surface area (Å²) in [7, 11) is 0. The SMILES string of the molecule is Cc1c(C(=O)NCCCN2CCC(O)CC2)oc2ccccc12. The molecule has 0 unspecified atom stereocenters. The van der Waals surface area contributed by atoms with E-state index in [-0.39, 0.29) is 12.0 Å². The summed E-state index contributed by atoms with van der Waals surface area (Å²) in [6, 6.07) is 7.70. The van der Waals surface area contributed by atoms with Crippen LogP contribution in [0.1, 0.15) is 35.4 Å². The minimum absolute atomic E-state index is 0.137. The average Bonchev–Trinajstić information content (AvgIpc) is 2.90. The highest BCUT2D eigenvalue weighted by atomic mass is 16.3. The quantitative estimate of drug-likeness (QED) is 0.831. The lowest BCUT2D eigenvalue weighted by molar-refractivity contribution is 0.0814. The highest BCUT2D eigenvalue weighted by Gasteiger charge is 2.18. The summed E-state index contributed by atoms with van der Waals surface area (Å²) in [5, 5.41) is 13.4. The Labute approximate surface area is 136 Å². The Kier molecular flexibility index (Phi) is 4.98. The molecule has 2 N–H and O–H groups in total. The number of hydrogen-bond acceptors (Lipinski definition) is 4. The summed E-state index contributed by atoms with van der Waals surface area (Å²) in [6.07, 6.45) is 2.47. The monoisotopic (exact) mass is 316 g/mol. The second kappa shape index (κ2) is 7.15. The van der Waals surface area contributed by atoms with Crippen molar-refractivity contribution in [1.29, 1.82) is 0 Å². The van der Waals surface area contributed by atoms with Gasteiger partial charge in [-0.1, -0.05) is 18.2 Å². The number of nitrogens with zero attached hydrogens (tertiary/aromatic N) is 1.